The summed E-state index contributed by atoms with van der Waals surface area (Å²) in [5.74, 6) is -0.305. The monoisotopic (exact) mass is 324 g/mol. The number of aliphatic hydroxyl groups is 1. The first-order valence-corrected chi connectivity index (χ1v) is 7.18. The van der Waals surface area contributed by atoms with E-state index in [4.69, 9.17) is 28.3 Å². The maximum absolute atomic E-state index is 12.1. The number of nitrogens with one attached hydrogen (secondary N) is 1. The van der Waals surface area contributed by atoms with Crippen molar-refractivity contribution in [2.45, 2.75) is 12.8 Å². The average molecular weight is 325 g/mol. The number of hydrogen-bond donors (Lipinski definition) is 2. The third kappa shape index (κ3) is 4.43. The van der Waals surface area contributed by atoms with Crippen LogP contribution in [0.2, 0.25) is 10.2 Å². The molecule has 2 rings (SSSR count). The molecule has 0 atom stereocenters. The lowest BCUT2D eigenvalue weighted by Crippen LogP contribution is -2.12. The number of aromatic nitrogens is 1. The van der Waals surface area contributed by atoms with Gasteiger partial charge in [0, 0.05) is 18.5 Å². The number of carbonyl (C=O) groups is 1. The molecule has 0 fully saturated rings. The molecule has 21 heavy (non-hydrogen) atoms. The maximum Gasteiger partial charge on any atom is 0.257 e. The molecule has 4 nitrogen and oxygen atoms in total. The van der Waals surface area contributed by atoms with Crippen molar-refractivity contribution < 1.29 is 9.90 Å². The van der Waals surface area contributed by atoms with Gasteiger partial charge < -0.3 is 10.4 Å². The van der Waals surface area contributed by atoms with Crippen LogP contribution in [0.1, 0.15) is 22.3 Å². The third-order valence-corrected chi connectivity index (χ3v) is 3.55. The molecule has 2 N–H and O–H groups in total. The number of carbonyl (C=O) groups excluding carboxylic acids is 1. The Hall–Kier alpha value is -1.62. The summed E-state index contributed by atoms with van der Waals surface area (Å²) in [4.78, 5) is 16.0. The molecule has 0 aliphatic carbocycles. The second kappa shape index (κ2) is 7.41. The quantitative estimate of drug-likeness (QED) is 0.826. The highest BCUT2D eigenvalue weighted by molar-refractivity contribution is 6.41. The first kappa shape index (κ1) is 15.8. The second-order valence-electron chi connectivity index (χ2n) is 4.48. The highest BCUT2D eigenvalue weighted by atomic mass is 35.5. The van der Waals surface area contributed by atoms with E-state index in [1.54, 1.807) is 6.07 Å². The number of aliphatic hydroxyl groups excluding tert-OH is 1. The fraction of sp³-hybridized carbons (Fsp3) is 0.200. The van der Waals surface area contributed by atoms with Gasteiger partial charge in [-0.25, -0.2) is 4.98 Å². The predicted molar refractivity (Wildman–Crippen MR) is 84.1 cm³/mol. The van der Waals surface area contributed by atoms with E-state index in [1.165, 1.54) is 12.3 Å². The summed E-state index contributed by atoms with van der Waals surface area (Å²) < 4.78 is 0. The topological polar surface area (TPSA) is 62.2 Å². The number of benzene rings is 1. The van der Waals surface area contributed by atoms with Gasteiger partial charge in [-0.15, -0.1) is 0 Å². The molecule has 0 spiro atoms. The largest absolute Gasteiger partial charge is 0.396 e. The van der Waals surface area contributed by atoms with E-state index in [2.05, 4.69) is 10.3 Å². The molecule has 0 radical (unpaired) electrons. The number of nitrogens with zero attached hydrogens (tertiary/aromatic N) is 1. The van der Waals surface area contributed by atoms with Gasteiger partial charge in [-0.05, 0) is 36.6 Å². The molecule has 1 amide bonds. The number of rotatable bonds is 5. The zero-order chi connectivity index (χ0) is 15.2. The van der Waals surface area contributed by atoms with Crippen molar-refractivity contribution in [3.63, 3.8) is 0 Å². The van der Waals surface area contributed by atoms with E-state index in [0.717, 1.165) is 12.0 Å². The van der Waals surface area contributed by atoms with Crippen molar-refractivity contribution in [1.29, 1.82) is 0 Å². The summed E-state index contributed by atoms with van der Waals surface area (Å²) in [5, 5.41) is 12.0. The first-order chi connectivity index (χ1) is 10.1. The van der Waals surface area contributed by atoms with Gasteiger partial charge in [0.15, 0.2) is 0 Å². The van der Waals surface area contributed by atoms with Crippen LogP contribution >= 0.6 is 23.2 Å². The molecule has 1 heterocycles. The SMILES string of the molecule is O=C(Nc1cccc(CCCO)c1)c1cnc(Cl)c(Cl)c1. The minimum absolute atomic E-state index is 0.144. The van der Waals surface area contributed by atoms with Gasteiger partial charge in [0.05, 0.1) is 10.6 Å². The lowest BCUT2D eigenvalue weighted by atomic mass is 10.1. The number of anilines is 1. The number of pyridine rings is 1. The highest BCUT2D eigenvalue weighted by Crippen LogP contribution is 2.20. The van der Waals surface area contributed by atoms with Crippen LogP contribution in [-0.2, 0) is 6.42 Å². The van der Waals surface area contributed by atoms with Gasteiger partial charge in [-0.3, -0.25) is 4.79 Å². The summed E-state index contributed by atoms with van der Waals surface area (Å²) in [6.45, 7) is 0.144. The molecule has 110 valence electrons. The summed E-state index contributed by atoms with van der Waals surface area (Å²) in [5.41, 5.74) is 2.07. The zero-order valence-corrected chi connectivity index (χ0v) is 12.7. The van der Waals surface area contributed by atoms with E-state index in [-0.39, 0.29) is 22.7 Å². The first-order valence-electron chi connectivity index (χ1n) is 6.42. The number of hydrogen-bond acceptors (Lipinski definition) is 3. The predicted octanol–water partition coefficient (Wildman–Crippen LogP) is 3.57. The minimum atomic E-state index is -0.305. The molecule has 2 aromatic rings. The molecule has 1 aromatic carbocycles. The van der Waals surface area contributed by atoms with E-state index < -0.39 is 0 Å². The number of aryl methyl sites for hydroxylation is 1. The van der Waals surface area contributed by atoms with Gasteiger partial charge in [0.2, 0.25) is 0 Å². The van der Waals surface area contributed by atoms with E-state index in [1.807, 2.05) is 18.2 Å². The standard InChI is InChI=1S/C15H14Cl2N2O2/c16-13-8-11(9-18-14(13)17)15(21)19-12-5-1-3-10(7-12)4-2-6-20/h1,3,5,7-9,20H,2,4,6H2,(H,19,21). The van der Waals surface area contributed by atoms with Crippen molar-refractivity contribution in [1.82, 2.24) is 4.98 Å². The summed E-state index contributed by atoms with van der Waals surface area (Å²) in [6, 6.07) is 8.95. The van der Waals surface area contributed by atoms with Gasteiger partial charge >= 0.3 is 0 Å². The van der Waals surface area contributed by atoms with Crippen LogP contribution in [0.4, 0.5) is 5.69 Å². The third-order valence-electron chi connectivity index (χ3n) is 2.87. The molecular formula is C15H14Cl2N2O2. The Labute approximate surface area is 132 Å². The van der Waals surface area contributed by atoms with Crippen molar-refractivity contribution in [2.24, 2.45) is 0 Å². The summed E-state index contributed by atoms with van der Waals surface area (Å²) in [6.07, 6.45) is 2.82. The Balaban J connectivity index is 2.10. The minimum Gasteiger partial charge on any atom is -0.396 e. The van der Waals surface area contributed by atoms with Crippen LogP contribution in [0, 0.1) is 0 Å². The smallest absolute Gasteiger partial charge is 0.257 e. The Morgan fingerprint density at radius 3 is 2.81 bits per heavy atom. The van der Waals surface area contributed by atoms with E-state index in [9.17, 15) is 4.79 Å². The number of amides is 1. The van der Waals surface area contributed by atoms with E-state index >= 15 is 0 Å². The lowest BCUT2D eigenvalue weighted by Gasteiger charge is -2.07. The normalized spacial score (nSPS) is 10.4. The summed E-state index contributed by atoms with van der Waals surface area (Å²) >= 11 is 11.6. The van der Waals surface area contributed by atoms with Crippen LogP contribution in [0.5, 0.6) is 0 Å². The van der Waals surface area contributed by atoms with Crippen molar-refractivity contribution in [3.8, 4) is 0 Å². The molecule has 6 heteroatoms. The molecule has 0 saturated carbocycles. The fourth-order valence-electron chi connectivity index (χ4n) is 1.84. The average Bonchev–Trinajstić information content (AvgIpc) is 2.48. The second-order valence-corrected chi connectivity index (χ2v) is 5.24. The Kier molecular flexibility index (Phi) is 5.56. The zero-order valence-electron chi connectivity index (χ0n) is 11.1. The van der Waals surface area contributed by atoms with Crippen LogP contribution in [0.3, 0.4) is 0 Å². The Bertz CT molecular complexity index is 647. The van der Waals surface area contributed by atoms with Gasteiger partial charge in [-0.2, -0.15) is 0 Å². The van der Waals surface area contributed by atoms with Gasteiger partial charge in [0.25, 0.3) is 5.91 Å². The van der Waals surface area contributed by atoms with Crippen LogP contribution < -0.4 is 5.32 Å². The molecular weight excluding hydrogens is 311 g/mol. The number of halogens is 2. The molecule has 0 bridgehead atoms. The van der Waals surface area contributed by atoms with Gasteiger partial charge in [0.1, 0.15) is 5.15 Å². The van der Waals surface area contributed by atoms with Crippen LogP contribution in [-0.4, -0.2) is 22.6 Å². The van der Waals surface area contributed by atoms with Crippen molar-refractivity contribution in [2.75, 3.05) is 11.9 Å². The molecule has 0 aliphatic rings. The maximum atomic E-state index is 12.1. The van der Waals surface area contributed by atoms with E-state index in [0.29, 0.717) is 17.7 Å². The van der Waals surface area contributed by atoms with Crippen LogP contribution in [0.25, 0.3) is 0 Å². The lowest BCUT2D eigenvalue weighted by molar-refractivity contribution is 0.102. The molecule has 0 unspecified atom stereocenters. The van der Waals surface area contributed by atoms with Crippen molar-refractivity contribution >= 4 is 34.8 Å². The highest BCUT2D eigenvalue weighted by Gasteiger charge is 2.09. The van der Waals surface area contributed by atoms with Crippen molar-refractivity contribution in [3.05, 3.63) is 57.8 Å². The van der Waals surface area contributed by atoms with Crippen LogP contribution in [0.15, 0.2) is 36.5 Å². The Morgan fingerprint density at radius 2 is 2.10 bits per heavy atom. The Morgan fingerprint density at radius 1 is 1.29 bits per heavy atom. The molecule has 0 aliphatic heterocycles. The summed E-state index contributed by atoms with van der Waals surface area (Å²) in [7, 11) is 0. The molecule has 0 saturated heterocycles. The fourth-order valence-corrected chi connectivity index (χ4v) is 2.11. The van der Waals surface area contributed by atoms with Gasteiger partial charge in [-0.1, -0.05) is 35.3 Å². The molecule has 1 aromatic heterocycles.